The Balaban J connectivity index is 1.29. The van der Waals surface area contributed by atoms with Crippen LogP contribution in [0.1, 0.15) is 44.5 Å². The van der Waals surface area contributed by atoms with E-state index in [1.807, 2.05) is 159 Å². The van der Waals surface area contributed by atoms with E-state index < -0.39 is 30.2 Å². The first kappa shape index (κ1) is 38.2. The topological polar surface area (TPSA) is 86.6 Å². The maximum atomic E-state index is 13.2. The number of phenolic OH excluding ortho intramolecular Hbond substituents is 1. The number of aliphatic hydroxyl groups is 1. The molecule has 6 aromatic carbocycles. The monoisotopic (exact) mass is 736 g/mol. The zero-order valence-corrected chi connectivity index (χ0v) is 31.1. The van der Waals surface area contributed by atoms with Crippen molar-refractivity contribution in [3.05, 3.63) is 208 Å². The highest BCUT2D eigenvalue weighted by molar-refractivity contribution is 5.39. The van der Waals surface area contributed by atoms with E-state index >= 15 is 0 Å². The van der Waals surface area contributed by atoms with Crippen LogP contribution in [-0.4, -0.2) is 41.2 Å². The molecule has 0 aromatic heterocycles. The van der Waals surface area contributed by atoms with Crippen molar-refractivity contribution >= 4 is 0 Å². The van der Waals surface area contributed by atoms with E-state index in [0.717, 1.165) is 38.9 Å². The predicted molar refractivity (Wildman–Crippen MR) is 212 cm³/mol. The van der Waals surface area contributed by atoms with E-state index in [9.17, 15) is 10.2 Å². The minimum atomic E-state index is -1.97. The Bertz CT molecular complexity index is 2040. The largest absolute Gasteiger partial charge is 0.508 e. The number of aryl methyl sites for hydroxylation is 1. The average molecular weight is 737 g/mol. The molecule has 7 rings (SSSR count). The third-order valence-electron chi connectivity index (χ3n) is 10.0. The summed E-state index contributed by atoms with van der Waals surface area (Å²) in [6.07, 6.45) is -2.67. The standard InChI is InChI=1S/C48H48O7/c1-35-22-25-42(29-41(35)28-36-23-26-43(49)27-24-36)48(50)47(54-33-40-20-12-5-13-21-40)46(53-32-39-18-10-4-11-19-39)45(52-31-38-16-8-3-9-17-38)44(55-48)34-51-30-37-14-6-2-7-15-37/h2-27,29,44-47,49-50H,28,30-34H2,1H3/t44-,45-,46+,47-,48+/m1/s1. The smallest absolute Gasteiger partial charge is 0.222 e. The van der Waals surface area contributed by atoms with Gasteiger partial charge in [0, 0.05) is 5.56 Å². The van der Waals surface area contributed by atoms with Crippen molar-refractivity contribution in [3.63, 3.8) is 0 Å². The second kappa shape index (κ2) is 18.5. The highest BCUT2D eigenvalue weighted by Crippen LogP contribution is 2.42. The molecule has 1 aliphatic heterocycles. The molecular weight excluding hydrogens is 689 g/mol. The molecule has 1 fully saturated rings. The zero-order chi connectivity index (χ0) is 37.9. The van der Waals surface area contributed by atoms with Crippen LogP contribution in [0.25, 0.3) is 0 Å². The van der Waals surface area contributed by atoms with Gasteiger partial charge >= 0.3 is 0 Å². The summed E-state index contributed by atoms with van der Waals surface area (Å²) in [7, 11) is 0. The normalized spacial score (nSPS) is 21.0. The molecule has 282 valence electrons. The molecule has 6 aromatic rings. The summed E-state index contributed by atoms with van der Waals surface area (Å²) >= 11 is 0. The van der Waals surface area contributed by atoms with E-state index in [4.69, 9.17) is 23.7 Å². The molecule has 55 heavy (non-hydrogen) atoms. The average Bonchev–Trinajstić information content (AvgIpc) is 3.22. The quantitative estimate of drug-likeness (QED) is 0.103. The number of hydrogen-bond donors (Lipinski definition) is 2. The van der Waals surface area contributed by atoms with Crippen LogP contribution in [0.15, 0.2) is 164 Å². The number of ether oxygens (including phenoxy) is 5. The molecule has 7 heteroatoms. The maximum Gasteiger partial charge on any atom is 0.222 e. The maximum absolute atomic E-state index is 13.2. The van der Waals surface area contributed by atoms with Gasteiger partial charge in [0.05, 0.1) is 33.0 Å². The van der Waals surface area contributed by atoms with Gasteiger partial charge in [-0.2, -0.15) is 0 Å². The molecule has 1 aliphatic rings. The van der Waals surface area contributed by atoms with Crippen molar-refractivity contribution in [2.45, 2.75) is 70.0 Å². The summed E-state index contributed by atoms with van der Waals surface area (Å²) in [5.41, 5.74) is 7.56. The van der Waals surface area contributed by atoms with Crippen molar-refractivity contribution in [1.29, 1.82) is 0 Å². The zero-order valence-electron chi connectivity index (χ0n) is 31.1. The van der Waals surface area contributed by atoms with Gasteiger partial charge in [-0.15, -0.1) is 0 Å². The summed E-state index contributed by atoms with van der Waals surface area (Å²) < 4.78 is 33.7. The van der Waals surface area contributed by atoms with Crippen LogP contribution in [0.4, 0.5) is 0 Å². The second-order valence-corrected chi connectivity index (χ2v) is 14.1. The minimum absolute atomic E-state index is 0.124. The molecule has 0 saturated carbocycles. The molecule has 0 aliphatic carbocycles. The van der Waals surface area contributed by atoms with Crippen LogP contribution in [0.5, 0.6) is 5.75 Å². The summed E-state index contributed by atoms with van der Waals surface area (Å²) in [6, 6.07) is 52.9. The van der Waals surface area contributed by atoms with Crippen molar-refractivity contribution in [3.8, 4) is 5.75 Å². The Morgan fingerprint density at radius 2 is 1.04 bits per heavy atom. The van der Waals surface area contributed by atoms with Gasteiger partial charge in [-0.1, -0.05) is 146 Å². The first-order valence-electron chi connectivity index (χ1n) is 18.8. The van der Waals surface area contributed by atoms with Crippen molar-refractivity contribution in [2.24, 2.45) is 0 Å². The lowest BCUT2D eigenvalue weighted by Gasteiger charge is -2.50. The Morgan fingerprint density at radius 1 is 0.545 bits per heavy atom. The van der Waals surface area contributed by atoms with E-state index in [-0.39, 0.29) is 25.6 Å². The molecule has 1 saturated heterocycles. The van der Waals surface area contributed by atoms with Crippen LogP contribution >= 0.6 is 0 Å². The van der Waals surface area contributed by atoms with E-state index in [1.54, 1.807) is 12.1 Å². The van der Waals surface area contributed by atoms with Crippen LogP contribution in [-0.2, 0) is 62.3 Å². The Kier molecular flexibility index (Phi) is 12.8. The first-order chi connectivity index (χ1) is 26.9. The van der Waals surface area contributed by atoms with Gasteiger partial charge in [-0.05, 0) is 70.5 Å². The first-order valence-corrected chi connectivity index (χ1v) is 18.8. The summed E-state index contributed by atoms with van der Waals surface area (Å²) in [4.78, 5) is 0. The summed E-state index contributed by atoms with van der Waals surface area (Å²) in [5.74, 6) is -1.76. The predicted octanol–water partition coefficient (Wildman–Crippen LogP) is 8.81. The number of rotatable bonds is 16. The van der Waals surface area contributed by atoms with E-state index in [0.29, 0.717) is 25.2 Å². The van der Waals surface area contributed by atoms with Gasteiger partial charge in [-0.3, -0.25) is 0 Å². The SMILES string of the molecule is Cc1ccc([C@]2(O)O[C@H](COCc3ccccc3)[C@@H](OCc3ccccc3)[C@H](OCc3ccccc3)[C@H]2OCc2ccccc2)cc1Cc1ccc(O)cc1. The summed E-state index contributed by atoms with van der Waals surface area (Å²) in [5, 5.41) is 23.1. The fourth-order valence-corrected chi connectivity index (χ4v) is 7.00. The highest BCUT2D eigenvalue weighted by atomic mass is 16.7. The van der Waals surface area contributed by atoms with Crippen molar-refractivity contribution in [1.82, 2.24) is 0 Å². The third kappa shape index (κ3) is 9.96. The van der Waals surface area contributed by atoms with Gasteiger partial charge in [0.25, 0.3) is 0 Å². The van der Waals surface area contributed by atoms with Gasteiger partial charge in [0.1, 0.15) is 30.2 Å². The van der Waals surface area contributed by atoms with E-state index in [1.165, 1.54) is 0 Å². The van der Waals surface area contributed by atoms with Gasteiger partial charge < -0.3 is 33.9 Å². The molecule has 0 bridgehead atoms. The molecule has 7 nitrogen and oxygen atoms in total. The molecule has 0 radical (unpaired) electrons. The van der Waals surface area contributed by atoms with Crippen LogP contribution in [0.3, 0.4) is 0 Å². The number of benzene rings is 6. The van der Waals surface area contributed by atoms with Crippen molar-refractivity contribution in [2.75, 3.05) is 6.61 Å². The fraction of sp³-hybridized carbons (Fsp3) is 0.250. The molecule has 0 spiro atoms. The Morgan fingerprint density at radius 3 is 1.58 bits per heavy atom. The van der Waals surface area contributed by atoms with Gasteiger partial charge in [-0.25, -0.2) is 0 Å². The second-order valence-electron chi connectivity index (χ2n) is 14.1. The number of hydrogen-bond acceptors (Lipinski definition) is 7. The molecule has 0 amide bonds. The fourth-order valence-electron chi connectivity index (χ4n) is 7.00. The summed E-state index contributed by atoms with van der Waals surface area (Å²) in [6.45, 7) is 3.29. The van der Waals surface area contributed by atoms with E-state index in [2.05, 4.69) is 0 Å². The molecule has 5 atom stereocenters. The van der Waals surface area contributed by atoms with Crippen LogP contribution < -0.4 is 0 Å². The van der Waals surface area contributed by atoms with Gasteiger partial charge in [0.15, 0.2) is 0 Å². The highest BCUT2D eigenvalue weighted by Gasteiger charge is 2.57. The molecule has 2 N–H and O–H groups in total. The lowest BCUT2D eigenvalue weighted by molar-refractivity contribution is -0.378. The van der Waals surface area contributed by atoms with Crippen molar-refractivity contribution < 1.29 is 33.9 Å². The molecule has 0 unspecified atom stereocenters. The van der Waals surface area contributed by atoms with Gasteiger partial charge in [0.2, 0.25) is 5.79 Å². The Hall–Kier alpha value is -5.12. The minimum Gasteiger partial charge on any atom is -0.508 e. The number of phenols is 1. The number of aromatic hydroxyl groups is 1. The molecular formula is C48H48O7. The van der Waals surface area contributed by atoms with Crippen LogP contribution in [0, 0.1) is 6.92 Å². The lowest BCUT2D eigenvalue weighted by atomic mass is 9.85. The Labute approximate surface area is 323 Å². The van der Waals surface area contributed by atoms with Crippen LogP contribution in [0.2, 0.25) is 0 Å². The lowest BCUT2D eigenvalue weighted by Crippen LogP contribution is -2.65. The molecule has 1 heterocycles. The third-order valence-corrected chi connectivity index (χ3v) is 10.0.